The van der Waals surface area contributed by atoms with Gasteiger partial charge in [0.1, 0.15) is 0 Å². The minimum atomic E-state index is 0.678. The highest BCUT2D eigenvalue weighted by Crippen LogP contribution is 2.17. The van der Waals surface area contributed by atoms with Gasteiger partial charge >= 0.3 is 0 Å². The second kappa shape index (κ2) is 8.93. The van der Waals surface area contributed by atoms with Crippen molar-refractivity contribution >= 4 is 0 Å². The molecule has 0 saturated carbocycles. The number of rotatable bonds is 8. The normalized spacial score (nSPS) is 20.7. The number of methoxy groups -OCH3 is 1. The SMILES string of the molecule is COCCCCCOCC1C=CCCC1. The van der Waals surface area contributed by atoms with Gasteiger partial charge in [-0.1, -0.05) is 12.2 Å². The molecule has 1 rings (SSSR count). The third-order valence-corrected chi connectivity index (χ3v) is 2.82. The molecule has 1 aliphatic carbocycles. The van der Waals surface area contributed by atoms with Crippen LogP contribution in [-0.2, 0) is 9.47 Å². The predicted octanol–water partition coefficient (Wildman–Crippen LogP) is 3.18. The van der Waals surface area contributed by atoms with Crippen molar-refractivity contribution in [2.45, 2.75) is 38.5 Å². The minimum Gasteiger partial charge on any atom is -0.385 e. The lowest BCUT2D eigenvalue weighted by Crippen LogP contribution is -2.10. The van der Waals surface area contributed by atoms with E-state index in [-0.39, 0.29) is 0 Å². The molecule has 0 N–H and O–H groups in total. The molecule has 2 nitrogen and oxygen atoms in total. The molecular weight excluding hydrogens is 188 g/mol. The Hall–Kier alpha value is -0.340. The highest BCUT2D eigenvalue weighted by atomic mass is 16.5. The van der Waals surface area contributed by atoms with E-state index in [1.807, 2.05) is 0 Å². The van der Waals surface area contributed by atoms with Crippen LogP contribution in [-0.4, -0.2) is 26.9 Å². The Labute approximate surface area is 93.7 Å². The second-order valence-electron chi connectivity index (χ2n) is 4.25. The van der Waals surface area contributed by atoms with Gasteiger partial charge in [0.15, 0.2) is 0 Å². The molecular formula is C13H24O2. The molecule has 0 bridgehead atoms. The van der Waals surface area contributed by atoms with Gasteiger partial charge in [-0.25, -0.2) is 0 Å². The Balaban J connectivity index is 1.84. The van der Waals surface area contributed by atoms with Crippen LogP contribution in [0.2, 0.25) is 0 Å². The summed E-state index contributed by atoms with van der Waals surface area (Å²) in [5.41, 5.74) is 0. The van der Waals surface area contributed by atoms with Crippen molar-refractivity contribution in [3.63, 3.8) is 0 Å². The lowest BCUT2D eigenvalue weighted by atomic mass is 9.97. The number of allylic oxidation sites excluding steroid dienone is 1. The van der Waals surface area contributed by atoms with Crippen LogP contribution >= 0.6 is 0 Å². The fourth-order valence-corrected chi connectivity index (χ4v) is 1.88. The van der Waals surface area contributed by atoms with Crippen LogP contribution in [0.3, 0.4) is 0 Å². The Morgan fingerprint density at radius 3 is 2.80 bits per heavy atom. The molecule has 0 saturated heterocycles. The van der Waals surface area contributed by atoms with Crippen LogP contribution in [0.25, 0.3) is 0 Å². The molecule has 0 aromatic rings. The quantitative estimate of drug-likeness (QED) is 0.454. The van der Waals surface area contributed by atoms with Crippen LogP contribution in [0, 0.1) is 5.92 Å². The zero-order chi connectivity index (χ0) is 10.8. The Morgan fingerprint density at radius 2 is 2.07 bits per heavy atom. The lowest BCUT2D eigenvalue weighted by molar-refractivity contribution is 0.102. The van der Waals surface area contributed by atoms with E-state index >= 15 is 0 Å². The molecule has 0 spiro atoms. The molecule has 0 aromatic carbocycles. The summed E-state index contributed by atoms with van der Waals surface area (Å²) in [6.07, 6.45) is 12.0. The summed E-state index contributed by atoms with van der Waals surface area (Å²) in [5, 5.41) is 0. The Morgan fingerprint density at radius 1 is 1.20 bits per heavy atom. The molecule has 1 atom stereocenters. The molecule has 0 heterocycles. The molecule has 0 radical (unpaired) electrons. The molecule has 0 fully saturated rings. The fourth-order valence-electron chi connectivity index (χ4n) is 1.88. The largest absolute Gasteiger partial charge is 0.385 e. The zero-order valence-corrected chi connectivity index (χ0v) is 9.91. The fraction of sp³-hybridized carbons (Fsp3) is 0.846. The highest BCUT2D eigenvalue weighted by molar-refractivity contribution is 4.92. The summed E-state index contributed by atoms with van der Waals surface area (Å²) in [6, 6.07) is 0. The Kier molecular flexibility index (Phi) is 7.58. The van der Waals surface area contributed by atoms with Crippen LogP contribution in [0.4, 0.5) is 0 Å². The number of hydrogen-bond donors (Lipinski definition) is 0. The summed E-state index contributed by atoms with van der Waals surface area (Å²) in [6.45, 7) is 2.71. The van der Waals surface area contributed by atoms with Crippen LogP contribution < -0.4 is 0 Å². The van der Waals surface area contributed by atoms with Crippen molar-refractivity contribution in [3.05, 3.63) is 12.2 Å². The molecule has 0 amide bonds. The van der Waals surface area contributed by atoms with E-state index < -0.39 is 0 Å². The maximum atomic E-state index is 5.66. The third-order valence-electron chi connectivity index (χ3n) is 2.82. The van der Waals surface area contributed by atoms with Crippen LogP contribution in [0.1, 0.15) is 38.5 Å². The molecule has 2 heteroatoms. The van der Waals surface area contributed by atoms with Gasteiger partial charge in [-0.15, -0.1) is 0 Å². The smallest absolute Gasteiger partial charge is 0.0528 e. The standard InChI is InChI=1S/C13H24O2/c1-14-10-6-3-7-11-15-12-13-8-4-2-5-9-13/h4,8,13H,2-3,5-7,9-12H2,1H3. The first kappa shape index (κ1) is 12.7. The molecule has 1 aliphatic rings. The van der Waals surface area contributed by atoms with E-state index in [1.165, 1.54) is 32.1 Å². The van der Waals surface area contributed by atoms with E-state index in [4.69, 9.17) is 9.47 Å². The highest BCUT2D eigenvalue weighted by Gasteiger charge is 2.07. The van der Waals surface area contributed by atoms with Crippen molar-refractivity contribution in [2.24, 2.45) is 5.92 Å². The van der Waals surface area contributed by atoms with Crippen molar-refractivity contribution in [1.82, 2.24) is 0 Å². The molecule has 88 valence electrons. The summed E-state index contributed by atoms with van der Waals surface area (Å²) in [5.74, 6) is 0.678. The summed E-state index contributed by atoms with van der Waals surface area (Å²) < 4.78 is 10.7. The van der Waals surface area contributed by atoms with Gasteiger partial charge in [0.05, 0.1) is 6.61 Å². The molecule has 0 aromatic heterocycles. The first-order valence-electron chi connectivity index (χ1n) is 6.17. The average molecular weight is 212 g/mol. The maximum Gasteiger partial charge on any atom is 0.0528 e. The van der Waals surface area contributed by atoms with E-state index in [1.54, 1.807) is 7.11 Å². The predicted molar refractivity (Wildman–Crippen MR) is 63.0 cm³/mol. The topological polar surface area (TPSA) is 18.5 Å². The number of hydrogen-bond acceptors (Lipinski definition) is 2. The van der Waals surface area contributed by atoms with Crippen LogP contribution in [0.15, 0.2) is 12.2 Å². The van der Waals surface area contributed by atoms with E-state index in [2.05, 4.69) is 12.2 Å². The number of unbranched alkanes of at least 4 members (excludes halogenated alkanes) is 2. The van der Waals surface area contributed by atoms with Crippen molar-refractivity contribution in [2.75, 3.05) is 26.9 Å². The summed E-state index contributed by atoms with van der Waals surface area (Å²) in [7, 11) is 1.76. The third kappa shape index (κ3) is 6.69. The van der Waals surface area contributed by atoms with Gasteiger partial charge in [-0.05, 0) is 38.5 Å². The summed E-state index contributed by atoms with van der Waals surface area (Å²) >= 11 is 0. The first-order chi connectivity index (χ1) is 7.43. The average Bonchev–Trinajstić information content (AvgIpc) is 2.29. The molecule has 15 heavy (non-hydrogen) atoms. The van der Waals surface area contributed by atoms with Gasteiger partial charge in [0, 0.05) is 26.2 Å². The van der Waals surface area contributed by atoms with E-state index in [9.17, 15) is 0 Å². The van der Waals surface area contributed by atoms with Crippen molar-refractivity contribution in [3.8, 4) is 0 Å². The Bertz CT molecular complexity index is 166. The van der Waals surface area contributed by atoms with Crippen LogP contribution in [0.5, 0.6) is 0 Å². The van der Waals surface area contributed by atoms with Gasteiger partial charge in [0.2, 0.25) is 0 Å². The summed E-state index contributed by atoms with van der Waals surface area (Å²) in [4.78, 5) is 0. The van der Waals surface area contributed by atoms with Crippen molar-refractivity contribution < 1.29 is 9.47 Å². The molecule has 0 aliphatic heterocycles. The maximum absolute atomic E-state index is 5.66. The lowest BCUT2D eigenvalue weighted by Gasteiger charge is -2.16. The van der Waals surface area contributed by atoms with Gasteiger partial charge in [0.25, 0.3) is 0 Å². The first-order valence-corrected chi connectivity index (χ1v) is 6.17. The zero-order valence-electron chi connectivity index (χ0n) is 9.91. The van der Waals surface area contributed by atoms with E-state index in [0.717, 1.165) is 26.2 Å². The van der Waals surface area contributed by atoms with E-state index in [0.29, 0.717) is 5.92 Å². The monoisotopic (exact) mass is 212 g/mol. The van der Waals surface area contributed by atoms with Crippen molar-refractivity contribution in [1.29, 1.82) is 0 Å². The number of ether oxygens (including phenoxy) is 2. The van der Waals surface area contributed by atoms with Gasteiger partial charge in [-0.3, -0.25) is 0 Å². The van der Waals surface area contributed by atoms with Gasteiger partial charge < -0.3 is 9.47 Å². The molecule has 1 unspecified atom stereocenters. The second-order valence-corrected chi connectivity index (χ2v) is 4.25. The van der Waals surface area contributed by atoms with Gasteiger partial charge in [-0.2, -0.15) is 0 Å². The minimum absolute atomic E-state index is 0.678.